The average molecular weight is 202 g/mol. The van der Waals surface area contributed by atoms with E-state index in [1.165, 1.54) is 0 Å². The van der Waals surface area contributed by atoms with Crippen molar-refractivity contribution in [1.29, 1.82) is 0 Å². The topological polar surface area (TPSA) is 87.5 Å². The lowest BCUT2D eigenvalue weighted by Crippen LogP contribution is -2.38. The third kappa shape index (κ3) is 6.38. The highest BCUT2D eigenvalue weighted by Crippen LogP contribution is 1.86. The van der Waals surface area contributed by atoms with Crippen molar-refractivity contribution in [2.45, 2.75) is 13.3 Å². The summed E-state index contributed by atoms with van der Waals surface area (Å²) in [5.74, 6) is 4.64. The van der Waals surface area contributed by atoms with Gasteiger partial charge in [0.05, 0.1) is 6.54 Å². The Hall–Kier alpha value is -1.14. The minimum atomic E-state index is -0.229. The number of likely N-dealkylation sites (N-methyl/N-ethyl adjacent to an activating group) is 2. The highest BCUT2D eigenvalue weighted by Gasteiger charge is 2.06. The van der Waals surface area contributed by atoms with E-state index in [1.807, 2.05) is 12.3 Å². The van der Waals surface area contributed by atoms with Crippen LogP contribution in [0, 0.1) is 0 Å². The van der Waals surface area contributed by atoms with Crippen molar-refractivity contribution in [2.75, 3.05) is 26.7 Å². The molecule has 0 radical (unpaired) electrons. The number of nitrogens with two attached hydrogens (primary N) is 1. The second-order valence-corrected chi connectivity index (χ2v) is 3.01. The van der Waals surface area contributed by atoms with Crippen LogP contribution < -0.4 is 16.6 Å². The first-order chi connectivity index (χ1) is 6.60. The summed E-state index contributed by atoms with van der Waals surface area (Å²) in [5, 5.41) is 2.67. The molecule has 4 N–H and O–H groups in total. The summed E-state index contributed by atoms with van der Waals surface area (Å²) in [6, 6.07) is 0. The summed E-state index contributed by atoms with van der Waals surface area (Å²) in [6.07, 6.45) is 0.298. The second kappa shape index (κ2) is 7.28. The van der Waals surface area contributed by atoms with Gasteiger partial charge >= 0.3 is 0 Å². The summed E-state index contributed by atoms with van der Waals surface area (Å²) in [7, 11) is 1.78. The molecule has 0 aliphatic rings. The third-order valence-corrected chi connectivity index (χ3v) is 1.67. The Bertz CT molecular complexity index is 196. The van der Waals surface area contributed by atoms with Gasteiger partial charge in [-0.15, -0.1) is 0 Å². The van der Waals surface area contributed by atoms with Gasteiger partial charge in [-0.1, -0.05) is 0 Å². The Kier molecular flexibility index (Phi) is 6.69. The van der Waals surface area contributed by atoms with Crippen LogP contribution in [0.4, 0.5) is 0 Å². The first-order valence-corrected chi connectivity index (χ1v) is 4.54. The van der Waals surface area contributed by atoms with Crippen LogP contribution in [0.2, 0.25) is 0 Å². The summed E-state index contributed by atoms with van der Waals surface area (Å²) in [6.45, 7) is 3.29. The van der Waals surface area contributed by atoms with Gasteiger partial charge in [-0.25, -0.2) is 5.84 Å². The molecule has 0 spiro atoms. The lowest BCUT2D eigenvalue weighted by atomic mass is 10.3. The van der Waals surface area contributed by atoms with Gasteiger partial charge in [0.2, 0.25) is 11.8 Å². The van der Waals surface area contributed by atoms with E-state index in [9.17, 15) is 9.59 Å². The van der Waals surface area contributed by atoms with E-state index in [1.54, 1.807) is 11.9 Å². The van der Waals surface area contributed by atoms with Gasteiger partial charge in [0.25, 0.3) is 0 Å². The van der Waals surface area contributed by atoms with Gasteiger partial charge in [-0.2, -0.15) is 0 Å². The molecule has 14 heavy (non-hydrogen) atoms. The maximum Gasteiger partial charge on any atom is 0.235 e. The van der Waals surface area contributed by atoms with Crippen LogP contribution in [0.25, 0.3) is 0 Å². The van der Waals surface area contributed by atoms with Crippen LogP contribution in [0.5, 0.6) is 0 Å². The molecule has 0 saturated carbocycles. The summed E-state index contributed by atoms with van der Waals surface area (Å²) < 4.78 is 0. The van der Waals surface area contributed by atoms with Crippen LogP contribution in [-0.2, 0) is 9.59 Å². The lowest BCUT2D eigenvalue weighted by molar-refractivity contribution is -0.124. The highest BCUT2D eigenvalue weighted by molar-refractivity contribution is 5.78. The molecule has 2 amide bonds. The second-order valence-electron chi connectivity index (χ2n) is 3.01. The number of hydrogen-bond donors (Lipinski definition) is 3. The summed E-state index contributed by atoms with van der Waals surface area (Å²) in [4.78, 5) is 23.6. The van der Waals surface area contributed by atoms with Gasteiger partial charge < -0.3 is 5.32 Å². The number of nitrogens with zero attached hydrogens (tertiary/aromatic N) is 1. The van der Waals surface area contributed by atoms with E-state index in [0.717, 1.165) is 0 Å². The van der Waals surface area contributed by atoms with Crippen molar-refractivity contribution in [3.8, 4) is 0 Å². The zero-order valence-corrected chi connectivity index (χ0v) is 8.67. The predicted octanol–water partition coefficient (Wildman–Crippen LogP) is -1.57. The quantitative estimate of drug-likeness (QED) is 0.276. The molecule has 0 heterocycles. The summed E-state index contributed by atoms with van der Waals surface area (Å²) in [5.41, 5.74) is 2.03. The average Bonchev–Trinajstić information content (AvgIpc) is 2.14. The molecule has 0 rings (SSSR count). The van der Waals surface area contributed by atoms with Crippen LogP contribution in [0.3, 0.4) is 0 Å². The zero-order chi connectivity index (χ0) is 11.0. The van der Waals surface area contributed by atoms with Gasteiger partial charge in [0.1, 0.15) is 0 Å². The molecule has 0 aliphatic heterocycles. The molecular weight excluding hydrogens is 184 g/mol. The Morgan fingerprint density at radius 2 is 2.00 bits per heavy atom. The van der Waals surface area contributed by atoms with Gasteiger partial charge in [0.15, 0.2) is 0 Å². The van der Waals surface area contributed by atoms with Gasteiger partial charge in [-0.3, -0.25) is 19.9 Å². The molecule has 0 atom stereocenters. The predicted molar refractivity (Wildman–Crippen MR) is 53.1 cm³/mol. The van der Waals surface area contributed by atoms with Gasteiger partial charge in [-0.05, 0) is 14.0 Å². The van der Waals surface area contributed by atoms with Crippen molar-refractivity contribution in [3.63, 3.8) is 0 Å². The third-order valence-electron chi connectivity index (χ3n) is 1.67. The Balaban J connectivity index is 3.59. The van der Waals surface area contributed by atoms with Crippen LogP contribution >= 0.6 is 0 Å². The number of hydrazine groups is 1. The maximum atomic E-state index is 11.1. The molecule has 0 aromatic rings. The molecule has 0 bridgehead atoms. The summed E-state index contributed by atoms with van der Waals surface area (Å²) >= 11 is 0. The smallest absolute Gasteiger partial charge is 0.235 e. The number of rotatable bonds is 6. The van der Waals surface area contributed by atoms with Crippen LogP contribution in [0.15, 0.2) is 0 Å². The number of amides is 2. The number of carbonyl (C=O) groups is 2. The monoisotopic (exact) mass is 202 g/mol. The standard InChI is InChI=1S/C8H18N4O2/c1-3-10-8(14)6-12(2)5-4-7(13)11-9/h3-6,9H2,1-2H3,(H,10,14)(H,11,13). The molecule has 6 nitrogen and oxygen atoms in total. The largest absolute Gasteiger partial charge is 0.355 e. The van der Waals surface area contributed by atoms with Crippen molar-refractivity contribution < 1.29 is 9.59 Å². The van der Waals surface area contributed by atoms with E-state index in [2.05, 4.69) is 5.32 Å². The zero-order valence-electron chi connectivity index (χ0n) is 8.67. The number of hydrogen-bond acceptors (Lipinski definition) is 4. The molecule has 0 saturated heterocycles. The molecule has 0 aromatic heterocycles. The van der Waals surface area contributed by atoms with E-state index in [0.29, 0.717) is 26.1 Å². The fourth-order valence-corrected chi connectivity index (χ4v) is 0.942. The Morgan fingerprint density at radius 3 is 2.50 bits per heavy atom. The fourth-order valence-electron chi connectivity index (χ4n) is 0.942. The van der Waals surface area contributed by atoms with Crippen molar-refractivity contribution in [1.82, 2.24) is 15.6 Å². The van der Waals surface area contributed by atoms with E-state index >= 15 is 0 Å². The van der Waals surface area contributed by atoms with Crippen LogP contribution in [-0.4, -0.2) is 43.4 Å². The molecule has 6 heteroatoms. The molecule has 82 valence electrons. The Morgan fingerprint density at radius 1 is 1.36 bits per heavy atom. The minimum absolute atomic E-state index is 0.0387. The maximum absolute atomic E-state index is 11.1. The SMILES string of the molecule is CCNC(=O)CN(C)CCC(=O)NN. The number of nitrogens with one attached hydrogen (secondary N) is 2. The lowest BCUT2D eigenvalue weighted by Gasteiger charge is -2.14. The molecular formula is C8H18N4O2. The fraction of sp³-hybridized carbons (Fsp3) is 0.750. The Labute approximate surface area is 83.8 Å². The first-order valence-electron chi connectivity index (χ1n) is 4.54. The molecule has 0 fully saturated rings. The first kappa shape index (κ1) is 12.9. The molecule has 0 unspecified atom stereocenters. The van der Waals surface area contributed by atoms with Crippen LogP contribution in [0.1, 0.15) is 13.3 Å². The minimum Gasteiger partial charge on any atom is -0.355 e. The van der Waals surface area contributed by atoms with Gasteiger partial charge in [0, 0.05) is 19.5 Å². The van der Waals surface area contributed by atoms with E-state index in [4.69, 9.17) is 5.84 Å². The molecule has 0 aliphatic carbocycles. The van der Waals surface area contributed by atoms with Crippen molar-refractivity contribution >= 4 is 11.8 Å². The normalized spacial score (nSPS) is 10.0. The number of carbonyl (C=O) groups excluding carboxylic acids is 2. The van der Waals surface area contributed by atoms with Crippen molar-refractivity contribution in [3.05, 3.63) is 0 Å². The molecule has 0 aromatic carbocycles. The van der Waals surface area contributed by atoms with E-state index in [-0.39, 0.29) is 11.8 Å². The van der Waals surface area contributed by atoms with Crippen molar-refractivity contribution in [2.24, 2.45) is 5.84 Å². The van der Waals surface area contributed by atoms with E-state index < -0.39 is 0 Å². The highest BCUT2D eigenvalue weighted by atomic mass is 16.2.